The van der Waals surface area contributed by atoms with E-state index in [0.717, 1.165) is 37.8 Å². The fourth-order valence-corrected chi connectivity index (χ4v) is 4.71. The van der Waals surface area contributed by atoms with Crippen molar-refractivity contribution in [2.45, 2.75) is 56.6 Å². The van der Waals surface area contributed by atoms with E-state index in [-0.39, 0.29) is 21.9 Å². The quantitative estimate of drug-likeness (QED) is 0.842. The van der Waals surface area contributed by atoms with Crippen molar-refractivity contribution in [2.75, 3.05) is 0 Å². The SMILES string of the molecule is C[C@@H]1CCC[C@@H](O[C@H](C)C(=O)NS(=O)(=O)c2ccc(F)c3ncccc23)C1. The van der Waals surface area contributed by atoms with Gasteiger partial charge in [0.2, 0.25) is 0 Å². The molecule has 1 heterocycles. The number of pyridine rings is 1. The van der Waals surface area contributed by atoms with Crippen LogP contribution >= 0.6 is 0 Å². The summed E-state index contributed by atoms with van der Waals surface area (Å²) in [5.41, 5.74) is -0.0617. The molecule has 0 unspecified atom stereocenters. The number of rotatable bonds is 5. The lowest BCUT2D eigenvalue weighted by Crippen LogP contribution is -2.40. The Morgan fingerprint density at radius 1 is 1.33 bits per heavy atom. The first-order valence-electron chi connectivity index (χ1n) is 9.03. The van der Waals surface area contributed by atoms with Crippen molar-refractivity contribution < 1.29 is 22.3 Å². The van der Waals surface area contributed by atoms with Crippen LogP contribution in [0.2, 0.25) is 0 Å². The van der Waals surface area contributed by atoms with Gasteiger partial charge in [-0.25, -0.2) is 17.5 Å². The van der Waals surface area contributed by atoms with Crippen LogP contribution in [0.4, 0.5) is 4.39 Å². The third-order valence-electron chi connectivity index (χ3n) is 4.86. The lowest BCUT2D eigenvalue weighted by atomic mass is 9.88. The fraction of sp³-hybridized carbons (Fsp3) is 0.474. The van der Waals surface area contributed by atoms with Crippen LogP contribution in [0.1, 0.15) is 39.5 Å². The van der Waals surface area contributed by atoms with Gasteiger partial charge in [0.15, 0.2) is 0 Å². The third kappa shape index (κ3) is 4.44. The second kappa shape index (κ2) is 7.90. The van der Waals surface area contributed by atoms with Gasteiger partial charge in [-0.15, -0.1) is 0 Å². The number of nitrogens with zero attached hydrogens (tertiary/aromatic N) is 1. The molecule has 1 N–H and O–H groups in total. The number of carbonyl (C=O) groups is 1. The lowest BCUT2D eigenvalue weighted by molar-refractivity contribution is -0.135. The van der Waals surface area contributed by atoms with Crippen LogP contribution in [0.5, 0.6) is 0 Å². The molecular weight excluding hydrogens is 371 g/mol. The fourth-order valence-electron chi connectivity index (χ4n) is 3.47. The predicted octanol–water partition coefficient (Wildman–Crippen LogP) is 3.16. The van der Waals surface area contributed by atoms with Gasteiger partial charge in [-0.1, -0.05) is 19.8 Å². The Bertz CT molecular complexity index is 948. The van der Waals surface area contributed by atoms with E-state index >= 15 is 0 Å². The van der Waals surface area contributed by atoms with Crippen molar-refractivity contribution >= 4 is 26.8 Å². The smallest absolute Gasteiger partial charge is 0.264 e. The summed E-state index contributed by atoms with van der Waals surface area (Å²) in [4.78, 5) is 16.1. The van der Waals surface area contributed by atoms with Gasteiger partial charge < -0.3 is 4.74 Å². The highest BCUT2D eigenvalue weighted by Crippen LogP contribution is 2.27. The number of fused-ring (bicyclic) bond motifs is 1. The highest BCUT2D eigenvalue weighted by atomic mass is 32.2. The van der Waals surface area contributed by atoms with Gasteiger partial charge in [0, 0.05) is 11.6 Å². The van der Waals surface area contributed by atoms with Gasteiger partial charge in [0.25, 0.3) is 15.9 Å². The topological polar surface area (TPSA) is 85.4 Å². The minimum Gasteiger partial charge on any atom is -0.365 e. The van der Waals surface area contributed by atoms with E-state index in [4.69, 9.17) is 4.74 Å². The van der Waals surface area contributed by atoms with Gasteiger partial charge >= 0.3 is 0 Å². The average molecular weight is 394 g/mol. The maximum atomic E-state index is 13.9. The van der Waals surface area contributed by atoms with Crippen LogP contribution in [-0.2, 0) is 19.6 Å². The van der Waals surface area contributed by atoms with Crippen LogP contribution < -0.4 is 4.72 Å². The summed E-state index contributed by atoms with van der Waals surface area (Å²) in [5.74, 6) is -0.839. The molecule has 1 aliphatic rings. The van der Waals surface area contributed by atoms with E-state index in [1.165, 1.54) is 25.3 Å². The van der Waals surface area contributed by atoms with Gasteiger partial charge in [-0.2, -0.15) is 0 Å². The molecule has 1 aromatic carbocycles. The Labute approximate surface area is 158 Å². The Morgan fingerprint density at radius 2 is 2.11 bits per heavy atom. The molecule has 0 spiro atoms. The molecule has 1 fully saturated rings. The Hall–Kier alpha value is -2.06. The molecule has 27 heavy (non-hydrogen) atoms. The van der Waals surface area contributed by atoms with E-state index in [9.17, 15) is 17.6 Å². The van der Waals surface area contributed by atoms with Crippen LogP contribution in [0.15, 0.2) is 35.4 Å². The summed E-state index contributed by atoms with van der Waals surface area (Å²) in [5, 5.41) is 0.118. The van der Waals surface area contributed by atoms with Crippen molar-refractivity contribution in [3.63, 3.8) is 0 Å². The number of nitrogens with one attached hydrogen (secondary N) is 1. The van der Waals surface area contributed by atoms with Gasteiger partial charge in [0.1, 0.15) is 17.4 Å². The van der Waals surface area contributed by atoms with Crippen LogP contribution in [0.25, 0.3) is 10.9 Å². The van der Waals surface area contributed by atoms with E-state index in [0.29, 0.717) is 5.92 Å². The minimum atomic E-state index is -4.19. The zero-order valence-corrected chi connectivity index (χ0v) is 16.1. The average Bonchev–Trinajstić information content (AvgIpc) is 2.61. The molecule has 146 valence electrons. The van der Waals surface area contributed by atoms with Gasteiger partial charge in [-0.05, 0) is 49.9 Å². The monoisotopic (exact) mass is 394 g/mol. The number of amides is 1. The number of hydrogen-bond donors (Lipinski definition) is 1. The lowest BCUT2D eigenvalue weighted by Gasteiger charge is -2.28. The summed E-state index contributed by atoms with van der Waals surface area (Å²) < 4.78 is 47.0. The molecule has 1 saturated carbocycles. The second-order valence-corrected chi connectivity index (χ2v) is 8.74. The molecule has 1 aliphatic carbocycles. The first kappa shape index (κ1) is 19.7. The van der Waals surface area contributed by atoms with Crippen molar-refractivity contribution in [3.05, 3.63) is 36.3 Å². The van der Waals surface area contributed by atoms with Gasteiger partial charge in [-0.3, -0.25) is 9.78 Å². The van der Waals surface area contributed by atoms with Crippen molar-refractivity contribution in [3.8, 4) is 0 Å². The van der Waals surface area contributed by atoms with Crippen LogP contribution in [-0.4, -0.2) is 31.5 Å². The Kier molecular flexibility index (Phi) is 5.76. The normalized spacial score (nSPS) is 21.7. The highest BCUT2D eigenvalue weighted by Gasteiger charge is 2.28. The molecule has 0 saturated heterocycles. The maximum absolute atomic E-state index is 13.9. The molecular formula is C19H23FN2O4S. The number of halogens is 1. The maximum Gasteiger partial charge on any atom is 0.264 e. The van der Waals surface area contributed by atoms with E-state index in [1.807, 2.05) is 4.72 Å². The zero-order valence-electron chi connectivity index (χ0n) is 15.3. The molecule has 6 nitrogen and oxygen atoms in total. The van der Waals surface area contributed by atoms with E-state index in [1.54, 1.807) is 0 Å². The number of sulfonamides is 1. The van der Waals surface area contributed by atoms with Crippen LogP contribution in [0, 0.1) is 11.7 Å². The zero-order chi connectivity index (χ0) is 19.6. The number of carbonyl (C=O) groups excluding carboxylic acids is 1. The summed E-state index contributed by atoms with van der Waals surface area (Å²) in [6.45, 7) is 3.67. The first-order chi connectivity index (χ1) is 12.8. The van der Waals surface area contributed by atoms with E-state index in [2.05, 4.69) is 11.9 Å². The summed E-state index contributed by atoms with van der Waals surface area (Å²) >= 11 is 0. The molecule has 0 radical (unpaired) electrons. The Balaban J connectivity index is 1.76. The standard InChI is InChI=1S/C19H23FN2O4S/c1-12-5-3-6-14(11-12)26-13(2)19(23)22-27(24,25)17-9-8-16(20)18-15(17)7-4-10-21-18/h4,7-10,12-14H,3,5-6,11H2,1-2H3,(H,22,23)/t12-,13-,14-/m1/s1. The predicted molar refractivity (Wildman–Crippen MR) is 99.0 cm³/mol. The molecule has 2 aromatic rings. The number of hydrogen-bond acceptors (Lipinski definition) is 5. The molecule has 8 heteroatoms. The van der Waals surface area contributed by atoms with Crippen molar-refractivity contribution in [1.82, 2.24) is 9.71 Å². The number of ether oxygens (including phenoxy) is 1. The Morgan fingerprint density at radius 3 is 2.85 bits per heavy atom. The largest absolute Gasteiger partial charge is 0.365 e. The molecule has 1 aromatic heterocycles. The molecule has 3 atom stereocenters. The van der Waals surface area contributed by atoms with E-state index < -0.39 is 27.9 Å². The summed E-state index contributed by atoms with van der Waals surface area (Å²) in [6.07, 6.45) is 4.32. The first-order valence-corrected chi connectivity index (χ1v) is 10.5. The molecule has 0 aliphatic heterocycles. The van der Waals surface area contributed by atoms with Crippen molar-refractivity contribution in [1.29, 1.82) is 0 Å². The summed E-state index contributed by atoms with van der Waals surface area (Å²) in [6, 6.07) is 5.12. The van der Waals surface area contributed by atoms with Crippen LogP contribution in [0.3, 0.4) is 0 Å². The minimum absolute atomic E-state index is 0.0481. The number of aromatic nitrogens is 1. The molecule has 3 rings (SSSR count). The molecule has 1 amide bonds. The summed E-state index contributed by atoms with van der Waals surface area (Å²) in [7, 11) is -4.19. The number of benzene rings is 1. The molecule has 0 bridgehead atoms. The third-order valence-corrected chi connectivity index (χ3v) is 6.26. The van der Waals surface area contributed by atoms with Gasteiger partial charge in [0.05, 0.1) is 11.0 Å². The van der Waals surface area contributed by atoms with Crippen molar-refractivity contribution in [2.24, 2.45) is 5.92 Å². The highest BCUT2D eigenvalue weighted by molar-refractivity contribution is 7.90. The second-order valence-electron chi connectivity index (χ2n) is 7.09.